The predicted octanol–water partition coefficient (Wildman–Crippen LogP) is 1.33. The molecule has 0 aliphatic carbocycles. The molecule has 1 aromatic carbocycles. The molecule has 0 spiro atoms. The lowest BCUT2D eigenvalue weighted by atomic mass is 10.2. The third-order valence-corrected chi connectivity index (χ3v) is 6.72. The summed E-state index contributed by atoms with van der Waals surface area (Å²) < 4.78 is 1.58. The lowest BCUT2D eigenvalue weighted by Gasteiger charge is -2.30. The Balaban J connectivity index is 1.28. The molecule has 3 amide bonds. The Labute approximate surface area is 194 Å². The molecule has 1 N–H and O–H groups in total. The van der Waals surface area contributed by atoms with Crippen molar-refractivity contribution in [2.45, 2.75) is 23.9 Å². The van der Waals surface area contributed by atoms with Gasteiger partial charge in [0.1, 0.15) is 18.2 Å². The Hall–Kier alpha value is -3.73. The Morgan fingerprint density at radius 1 is 1.21 bits per heavy atom. The number of aromatic nitrogens is 4. The van der Waals surface area contributed by atoms with Crippen LogP contribution in [0, 0.1) is 0 Å². The van der Waals surface area contributed by atoms with Gasteiger partial charge in [-0.2, -0.15) is 0 Å². The SMILES string of the molecule is CN1C(=O)[C@@H](NC(=O)c2ncn(Cc3ccccc3)n2)CSc2cc(N3CCC3=O)ncc21. The van der Waals surface area contributed by atoms with E-state index in [1.165, 1.54) is 23.0 Å². The summed E-state index contributed by atoms with van der Waals surface area (Å²) in [5.74, 6) is 0.194. The summed E-state index contributed by atoms with van der Waals surface area (Å²) in [6.07, 6.45) is 3.61. The van der Waals surface area contributed by atoms with Gasteiger partial charge in [0.05, 0.1) is 18.4 Å². The van der Waals surface area contributed by atoms with Gasteiger partial charge < -0.3 is 10.2 Å². The van der Waals surface area contributed by atoms with Crippen molar-refractivity contribution in [3.63, 3.8) is 0 Å². The lowest BCUT2D eigenvalue weighted by Crippen LogP contribution is -2.48. The smallest absolute Gasteiger partial charge is 0.291 e. The quantitative estimate of drug-likeness (QED) is 0.568. The number of anilines is 2. The van der Waals surface area contributed by atoms with E-state index < -0.39 is 11.9 Å². The molecule has 5 rings (SSSR count). The number of β-lactam (4-membered cyclic amide) rings is 1. The highest BCUT2D eigenvalue weighted by atomic mass is 32.2. The fourth-order valence-electron chi connectivity index (χ4n) is 3.66. The minimum atomic E-state index is -0.755. The topological polar surface area (TPSA) is 113 Å². The Kier molecular flexibility index (Phi) is 5.55. The highest BCUT2D eigenvalue weighted by Crippen LogP contribution is 2.36. The van der Waals surface area contributed by atoms with Crippen molar-refractivity contribution in [1.82, 2.24) is 25.1 Å². The minimum absolute atomic E-state index is 0.00777. The van der Waals surface area contributed by atoms with Crippen molar-refractivity contribution in [3.05, 3.63) is 60.3 Å². The van der Waals surface area contributed by atoms with Gasteiger partial charge in [0.2, 0.25) is 17.6 Å². The number of fused-ring (bicyclic) bond motifs is 1. The van der Waals surface area contributed by atoms with Gasteiger partial charge in [0.25, 0.3) is 5.91 Å². The first-order valence-electron chi connectivity index (χ1n) is 10.4. The van der Waals surface area contributed by atoms with Gasteiger partial charge in [-0.3, -0.25) is 19.3 Å². The number of carbonyl (C=O) groups is 3. The van der Waals surface area contributed by atoms with Crippen LogP contribution in [0.5, 0.6) is 0 Å². The zero-order valence-electron chi connectivity index (χ0n) is 17.8. The molecule has 168 valence electrons. The summed E-state index contributed by atoms with van der Waals surface area (Å²) in [5.41, 5.74) is 1.68. The van der Waals surface area contributed by atoms with Crippen LogP contribution in [0.15, 0.2) is 53.8 Å². The number of rotatable bonds is 5. The van der Waals surface area contributed by atoms with Crippen LogP contribution in [0.25, 0.3) is 0 Å². The van der Waals surface area contributed by atoms with E-state index in [1.807, 2.05) is 36.4 Å². The van der Waals surface area contributed by atoms with E-state index in [1.54, 1.807) is 22.8 Å². The summed E-state index contributed by atoms with van der Waals surface area (Å²) >= 11 is 1.44. The first kappa shape index (κ1) is 21.1. The average molecular weight is 464 g/mol. The maximum Gasteiger partial charge on any atom is 0.291 e. The van der Waals surface area contributed by atoms with Crippen LogP contribution in [0.1, 0.15) is 22.6 Å². The third-order valence-electron chi connectivity index (χ3n) is 5.59. The van der Waals surface area contributed by atoms with Crippen LogP contribution >= 0.6 is 11.8 Å². The number of carbonyl (C=O) groups excluding carboxylic acids is 3. The molecular weight excluding hydrogens is 442 g/mol. The first-order valence-corrected chi connectivity index (χ1v) is 11.4. The molecule has 2 aliphatic heterocycles. The Bertz CT molecular complexity index is 1230. The van der Waals surface area contributed by atoms with Gasteiger partial charge in [-0.25, -0.2) is 14.6 Å². The zero-order valence-corrected chi connectivity index (χ0v) is 18.7. The fraction of sp³-hybridized carbons (Fsp3) is 0.273. The van der Waals surface area contributed by atoms with Gasteiger partial charge in [-0.05, 0) is 11.6 Å². The normalized spacial score (nSPS) is 17.9. The second kappa shape index (κ2) is 8.66. The van der Waals surface area contributed by atoms with Crippen molar-refractivity contribution in [1.29, 1.82) is 0 Å². The summed E-state index contributed by atoms with van der Waals surface area (Å²) in [6, 6.07) is 10.8. The fourth-order valence-corrected chi connectivity index (χ4v) is 4.76. The molecule has 1 saturated heterocycles. The van der Waals surface area contributed by atoms with Gasteiger partial charge >= 0.3 is 0 Å². The van der Waals surface area contributed by atoms with E-state index in [2.05, 4.69) is 20.4 Å². The van der Waals surface area contributed by atoms with Gasteiger partial charge in [0.15, 0.2) is 0 Å². The van der Waals surface area contributed by atoms with E-state index in [-0.39, 0.29) is 17.6 Å². The Morgan fingerprint density at radius 2 is 2.03 bits per heavy atom. The number of hydrogen-bond donors (Lipinski definition) is 1. The van der Waals surface area contributed by atoms with E-state index in [0.717, 1.165) is 10.5 Å². The molecule has 0 saturated carbocycles. The highest BCUT2D eigenvalue weighted by molar-refractivity contribution is 7.99. The molecule has 2 aliphatic rings. The first-order chi connectivity index (χ1) is 16.0. The number of pyridine rings is 1. The van der Waals surface area contributed by atoms with E-state index >= 15 is 0 Å². The lowest BCUT2D eigenvalue weighted by molar-refractivity contribution is -0.122. The standard InChI is InChI=1S/C22H21N7O3S/c1-27-16-10-23-18(29-8-7-19(29)30)9-17(16)33-12-15(22(27)32)25-21(31)20-24-13-28(26-20)11-14-5-3-2-4-6-14/h2-6,9-10,13,15H,7-8,11-12H2,1H3,(H,25,31)/t15-/m0/s1. The molecule has 11 heteroatoms. The van der Waals surface area contributed by atoms with Crippen LogP contribution in [-0.4, -0.2) is 62.9 Å². The van der Waals surface area contributed by atoms with E-state index in [0.29, 0.717) is 36.8 Å². The second-order valence-corrected chi connectivity index (χ2v) is 8.85. The zero-order chi connectivity index (χ0) is 22.9. The van der Waals surface area contributed by atoms with Crippen molar-refractivity contribution < 1.29 is 14.4 Å². The third kappa shape index (κ3) is 4.19. The number of amides is 3. The number of benzene rings is 1. The number of likely N-dealkylation sites (N-methyl/N-ethyl adjacent to an activating group) is 1. The van der Waals surface area contributed by atoms with Crippen molar-refractivity contribution in [2.24, 2.45) is 0 Å². The molecule has 1 atom stereocenters. The molecule has 3 aromatic rings. The molecule has 10 nitrogen and oxygen atoms in total. The van der Waals surface area contributed by atoms with E-state index in [4.69, 9.17) is 0 Å². The van der Waals surface area contributed by atoms with Crippen LogP contribution < -0.4 is 15.1 Å². The number of nitrogens with one attached hydrogen (secondary N) is 1. The molecule has 2 aromatic heterocycles. The van der Waals surface area contributed by atoms with Crippen LogP contribution in [-0.2, 0) is 16.1 Å². The molecular formula is C22H21N7O3S. The summed E-state index contributed by atoms with van der Waals surface area (Å²) in [5, 5.41) is 7.01. The van der Waals surface area contributed by atoms with Gasteiger partial charge in [0, 0.05) is 30.7 Å². The number of nitrogens with zero attached hydrogens (tertiary/aromatic N) is 6. The maximum absolute atomic E-state index is 13.0. The van der Waals surface area contributed by atoms with Gasteiger partial charge in [-0.1, -0.05) is 30.3 Å². The molecule has 0 unspecified atom stereocenters. The van der Waals surface area contributed by atoms with Crippen molar-refractivity contribution in [3.8, 4) is 0 Å². The summed E-state index contributed by atoms with van der Waals surface area (Å²) in [7, 11) is 1.65. The molecule has 1 fully saturated rings. The van der Waals surface area contributed by atoms with Crippen molar-refractivity contribution in [2.75, 3.05) is 29.1 Å². The maximum atomic E-state index is 13.0. The number of hydrogen-bond acceptors (Lipinski definition) is 7. The second-order valence-electron chi connectivity index (χ2n) is 7.79. The monoisotopic (exact) mass is 463 g/mol. The Morgan fingerprint density at radius 3 is 2.76 bits per heavy atom. The van der Waals surface area contributed by atoms with Gasteiger partial charge in [-0.15, -0.1) is 16.9 Å². The van der Waals surface area contributed by atoms with Crippen LogP contribution in [0.3, 0.4) is 0 Å². The summed E-state index contributed by atoms with van der Waals surface area (Å²) in [4.78, 5) is 49.9. The molecule has 33 heavy (non-hydrogen) atoms. The summed E-state index contributed by atoms with van der Waals surface area (Å²) in [6.45, 7) is 1.14. The molecule has 0 radical (unpaired) electrons. The van der Waals surface area contributed by atoms with E-state index in [9.17, 15) is 14.4 Å². The van der Waals surface area contributed by atoms with Crippen LogP contribution in [0.4, 0.5) is 11.5 Å². The molecule has 4 heterocycles. The predicted molar refractivity (Wildman–Crippen MR) is 122 cm³/mol. The van der Waals surface area contributed by atoms with Crippen molar-refractivity contribution >= 4 is 41.0 Å². The largest absolute Gasteiger partial charge is 0.337 e. The molecule has 0 bridgehead atoms. The minimum Gasteiger partial charge on any atom is -0.337 e. The average Bonchev–Trinajstić information content (AvgIpc) is 3.25. The van der Waals surface area contributed by atoms with Crippen LogP contribution in [0.2, 0.25) is 0 Å². The highest BCUT2D eigenvalue weighted by Gasteiger charge is 2.33. The number of thioether (sulfide) groups is 1.